The molecular weight excluding hydrogens is 373 g/mol. The molecule has 3 aromatic carbocycles. The van der Waals surface area contributed by atoms with Gasteiger partial charge in [-0.25, -0.2) is 23.1 Å². The van der Waals surface area contributed by atoms with Crippen LogP contribution < -0.4 is 0 Å². The minimum Gasteiger partial charge on any atom is -0.236 e. The lowest BCUT2D eigenvalue weighted by atomic mass is 10.1. The number of nitrogens with zero attached hydrogens (tertiary/aromatic N) is 2. The lowest BCUT2D eigenvalue weighted by Gasteiger charge is -2.03. The Balaban J connectivity index is 1.62. The molecular formula is C24H15F3N2. The fourth-order valence-electron chi connectivity index (χ4n) is 2.90. The van der Waals surface area contributed by atoms with Crippen molar-refractivity contribution < 1.29 is 13.2 Å². The quantitative estimate of drug-likeness (QED) is 0.413. The Morgan fingerprint density at radius 2 is 1.48 bits per heavy atom. The van der Waals surface area contributed by atoms with Gasteiger partial charge in [0.25, 0.3) is 0 Å². The van der Waals surface area contributed by atoms with E-state index in [1.54, 1.807) is 42.7 Å². The molecule has 1 heterocycles. The van der Waals surface area contributed by atoms with E-state index in [9.17, 15) is 13.2 Å². The summed E-state index contributed by atoms with van der Waals surface area (Å²) in [5.74, 6) is 3.80. The second-order valence-electron chi connectivity index (χ2n) is 6.54. The average Bonchev–Trinajstić information content (AvgIpc) is 2.74. The first kappa shape index (κ1) is 18.7. The van der Waals surface area contributed by atoms with Crippen LogP contribution in [0.2, 0.25) is 0 Å². The number of benzene rings is 3. The zero-order chi connectivity index (χ0) is 20.4. The molecule has 4 aromatic rings. The van der Waals surface area contributed by atoms with Gasteiger partial charge in [0.1, 0.15) is 5.82 Å². The number of aryl methyl sites for hydroxylation is 1. The van der Waals surface area contributed by atoms with Gasteiger partial charge >= 0.3 is 0 Å². The number of halogens is 3. The van der Waals surface area contributed by atoms with Crippen molar-refractivity contribution in [3.8, 4) is 23.2 Å². The Kier molecular flexibility index (Phi) is 5.01. The smallest absolute Gasteiger partial charge is 0.159 e. The van der Waals surface area contributed by atoms with Gasteiger partial charge in [0.2, 0.25) is 0 Å². The van der Waals surface area contributed by atoms with E-state index in [0.29, 0.717) is 27.7 Å². The molecule has 0 aliphatic rings. The minimum absolute atomic E-state index is 0.226. The van der Waals surface area contributed by atoms with E-state index in [2.05, 4.69) is 21.8 Å². The molecule has 0 amide bonds. The highest BCUT2D eigenvalue weighted by Gasteiger charge is 2.07. The normalized spacial score (nSPS) is 10.6. The Morgan fingerprint density at radius 1 is 0.759 bits per heavy atom. The molecule has 0 aliphatic heterocycles. The van der Waals surface area contributed by atoms with Crippen molar-refractivity contribution in [2.75, 3.05) is 0 Å². The van der Waals surface area contributed by atoms with Crippen molar-refractivity contribution in [1.82, 2.24) is 9.97 Å². The van der Waals surface area contributed by atoms with E-state index < -0.39 is 17.5 Å². The number of aromatic nitrogens is 2. The third-order valence-electron chi connectivity index (χ3n) is 4.56. The maximum atomic E-state index is 14.5. The first-order chi connectivity index (χ1) is 14.0. The largest absolute Gasteiger partial charge is 0.236 e. The Labute approximate surface area is 166 Å². The molecule has 0 atom stereocenters. The lowest BCUT2D eigenvalue weighted by molar-refractivity contribution is 0.511. The summed E-state index contributed by atoms with van der Waals surface area (Å²) in [7, 11) is 0. The van der Waals surface area contributed by atoms with E-state index in [1.807, 2.05) is 6.92 Å². The number of hydrogen-bond acceptors (Lipinski definition) is 2. The summed E-state index contributed by atoms with van der Waals surface area (Å²) in [6.45, 7) is 2.01. The predicted molar refractivity (Wildman–Crippen MR) is 107 cm³/mol. The SMILES string of the molecule is CCc1cnc(-c2ccc(C#Cc3ccc4cc(F)c(F)cc4c3)c(F)c2)nc1. The van der Waals surface area contributed by atoms with Crippen LogP contribution in [0.15, 0.2) is 60.9 Å². The van der Waals surface area contributed by atoms with Crippen LogP contribution in [-0.2, 0) is 6.42 Å². The molecule has 2 nitrogen and oxygen atoms in total. The molecule has 0 spiro atoms. The highest BCUT2D eigenvalue weighted by atomic mass is 19.2. The molecule has 0 N–H and O–H groups in total. The minimum atomic E-state index is -0.918. The van der Waals surface area contributed by atoms with E-state index in [4.69, 9.17) is 0 Å². The zero-order valence-corrected chi connectivity index (χ0v) is 15.5. The predicted octanol–water partition coefficient (Wildman–Crippen LogP) is 5.68. The van der Waals surface area contributed by atoms with Crippen molar-refractivity contribution in [3.63, 3.8) is 0 Å². The van der Waals surface area contributed by atoms with Crippen LogP contribution in [0.3, 0.4) is 0 Å². The molecule has 0 aliphatic carbocycles. The number of rotatable bonds is 2. The van der Waals surface area contributed by atoms with Gasteiger partial charge in [0, 0.05) is 23.5 Å². The molecule has 0 saturated carbocycles. The second-order valence-corrected chi connectivity index (χ2v) is 6.54. The van der Waals surface area contributed by atoms with Crippen molar-refractivity contribution in [2.45, 2.75) is 13.3 Å². The van der Waals surface area contributed by atoms with Gasteiger partial charge in [0.05, 0.1) is 5.56 Å². The average molecular weight is 388 g/mol. The number of fused-ring (bicyclic) bond motifs is 1. The first-order valence-electron chi connectivity index (χ1n) is 9.05. The van der Waals surface area contributed by atoms with Gasteiger partial charge < -0.3 is 0 Å². The summed E-state index contributed by atoms with van der Waals surface area (Å²) in [5, 5.41) is 1.10. The van der Waals surface area contributed by atoms with Crippen LogP contribution in [0.4, 0.5) is 13.2 Å². The van der Waals surface area contributed by atoms with E-state index in [1.165, 1.54) is 6.07 Å². The third kappa shape index (κ3) is 3.97. The van der Waals surface area contributed by atoms with Gasteiger partial charge in [-0.15, -0.1) is 0 Å². The molecule has 142 valence electrons. The van der Waals surface area contributed by atoms with Gasteiger partial charge in [-0.2, -0.15) is 0 Å². The van der Waals surface area contributed by atoms with Crippen molar-refractivity contribution in [3.05, 3.63) is 95.1 Å². The fourth-order valence-corrected chi connectivity index (χ4v) is 2.90. The van der Waals surface area contributed by atoms with Crippen molar-refractivity contribution >= 4 is 10.8 Å². The molecule has 5 heteroatoms. The monoisotopic (exact) mass is 388 g/mol. The molecule has 0 bridgehead atoms. The van der Waals surface area contributed by atoms with Gasteiger partial charge in [-0.1, -0.05) is 24.8 Å². The van der Waals surface area contributed by atoms with Crippen LogP contribution in [0, 0.1) is 29.3 Å². The Morgan fingerprint density at radius 3 is 2.17 bits per heavy atom. The van der Waals surface area contributed by atoms with Gasteiger partial charge in [-0.3, -0.25) is 0 Å². The summed E-state index contributed by atoms with van der Waals surface area (Å²) >= 11 is 0. The maximum absolute atomic E-state index is 14.5. The summed E-state index contributed by atoms with van der Waals surface area (Å²) in [6, 6.07) is 11.9. The van der Waals surface area contributed by atoms with Crippen LogP contribution in [0.5, 0.6) is 0 Å². The lowest BCUT2D eigenvalue weighted by Crippen LogP contribution is -1.93. The number of hydrogen-bond donors (Lipinski definition) is 0. The summed E-state index contributed by atoms with van der Waals surface area (Å²) < 4.78 is 41.2. The van der Waals surface area contributed by atoms with Crippen LogP contribution in [-0.4, -0.2) is 9.97 Å². The molecule has 29 heavy (non-hydrogen) atoms. The van der Waals surface area contributed by atoms with E-state index in [0.717, 1.165) is 24.1 Å². The third-order valence-corrected chi connectivity index (χ3v) is 4.56. The maximum Gasteiger partial charge on any atom is 0.159 e. The first-order valence-corrected chi connectivity index (χ1v) is 9.05. The molecule has 0 unspecified atom stereocenters. The summed E-state index contributed by atoms with van der Waals surface area (Å²) in [4.78, 5) is 8.51. The second kappa shape index (κ2) is 7.76. The zero-order valence-electron chi connectivity index (χ0n) is 15.5. The van der Waals surface area contributed by atoms with Crippen molar-refractivity contribution in [2.24, 2.45) is 0 Å². The highest BCUT2D eigenvalue weighted by molar-refractivity contribution is 5.84. The molecule has 0 fully saturated rings. The summed E-state index contributed by atoms with van der Waals surface area (Å²) in [5.41, 5.74) is 2.38. The van der Waals surface area contributed by atoms with E-state index in [-0.39, 0.29) is 5.56 Å². The van der Waals surface area contributed by atoms with Gasteiger partial charge in [-0.05, 0) is 65.2 Å². The molecule has 0 saturated heterocycles. The molecule has 1 aromatic heterocycles. The standard InChI is InChI=1S/C24H15F3N2/c1-2-15-13-28-24(29-14-15)19-8-7-17(21(25)11-19)5-3-16-4-6-18-10-22(26)23(27)12-20(18)9-16/h4,6-14H,2H2,1H3. The van der Waals surface area contributed by atoms with Crippen LogP contribution in [0.1, 0.15) is 23.6 Å². The van der Waals surface area contributed by atoms with E-state index >= 15 is 0 Å². The van der Waals surface area contributed by atoms with Crippen LogP contribution in [0.25, 0.3) is 22.2 Å². The van der Waals surface area contributed by atoms with Crippen molar-refractivity contribution in [1.29, 1.82) is 0 Å². The summed E-state index contributed by atoms with van der Waals surface area (Å²) in [6.07, 6.45) is 4.28. The van der Waals surface area contributed by atoms with Gasteiger partial charge in [0.15, 0.2) is 17.5 Å². The topological polar surface area (TPSA) is 25.8 Å². The highest BCUT2D eigenvalue weighted by Crippen LogP contribution is 2.21. The molecule has 0 radical (unpaired) electrons. The van der Waals surface area contributed by atoms with Crippen LogP contribution >= 0.6 is 0 Å². The fraction of sp³-hybridized carbons (Fsp3) is 0.0833. The Bertz CT molecular complexity index is 1270. The molecule has 4 rings (SSSR count). The Hall–Kier alpha value is -3.65.